The van der Waals surface area contributed by atoms with E-state index < -0.39 is 0 Å². The van der Waals surface area contributed by atoms with E-state index in [0.29, 0.717) is 6.61 Å². The molecule has 1 fully saturated rings. The Kier molecular flexibility index (Phi) is 4.46. The molecule has 1 aliphatic rings. The molecule has 13 heavy (non-hydrogen) atoms. The summed E-state index contributed by atoms with van der Waals surface area (Å²) in [4.78, 5) is 0. The summed E-state index contributed by atoms with van der Waals surface area (Å²) in [6.45, 7) is 6.92. The van der Waals surface area contributed by atoms with Crippen LogP contribution in [0.1, 0.15) is 32.6 Å². The highest BCUT2D eigenvalue weighted by Crippen LogP contribution is 2.28. The van der Waals surface area contributed by atoms with Gasteiger partial charge in [-0.25, -0.2) is 0 Å². The Labute approximate surface area is 80.6 Å². The third-order valence-electron chi connectivity index (χ3n) is 2.74. The van der Waals surface area contributed by atoms with Crippen LogP contribution < -0.4 is 0 Å². The van der Waals surface area contributed by atoms with Gasteiger partial charge < -0.3 is 9.84 Å². The minimum atomic E-state index is 0.190. The molecule has 0 radical (unpaired) electrons. The molecular formula is C11H20O2. The lowest BCUT2D eigenvalue weighted by atomic mass is 9.95. The van der Waals surface area contributed by atoms with E-state index in [2.05, 4.69) is 13.5 Å². The van der Waals surface area contributed by atoms with Crippen molar-refractivity contribution in [3.05, 3.63) is 12.2 Å². The average Bonchev–Trinajstić information content (AvgIpc) is 2.47. The number of unbranched alkanes of at least 4 members (excludes halogenated alkanes) is 2. The van der Waals surface area contributed by atoms with E-state index in [1.807, 2.05) is 0 Å². The van der Waals surface area contributed by atoms with Crippen LogP contribution in [0, 0.1) is 5.92 Å². The first-order valence-corrected chi connectivity index (χ1v) is 5.19. The maximum Gasteiger partial charge on any atom is 0.0682 e. The summed E-state index contributed by atoms with van der Waals surface area (Å²) < 4.78 is 5.56. The highest BCUT2D eigenvalue weighted by atomic mass is 16.5. The monoisotopic (exact) mass is 184 g/mol. The molecule has 0 aromatic carbocycles. The molecule has 1 saturated heterocycles. The highest BCUT2D eigenvalue weighted by Gasteiger charge is 2.29. The van der Waals surface area contributed by atoms with Crippen LogP contribution in [0.15, 0.2) is 12.2 Å². The van der Waals surface area contributed by atoms with Crippen LogP contribution in [0.25, 0.3) is 0 Å². The van der Waals surface area contributed by atoms with Gasteiger partial charge in [-0.05, 0) is 12.0 Å². The van der Waals surface area contributed by atoms with Crippen molar-refractivity contribution in [1.82, 2.24) is 0 Å². The minimum absolute atomic E-state index is 0.190. The van der Waals surface area contributed by atoms with Crippen molar-refractivity contribution in [3.63, 3.8) is 0 Å². The molecule has 0 amide bonds. The predicted octanol–water partition coefficient (Wildman–Crippen LogP) is 2.13. The van der Waals surface area contributed by atoms with E-state index in [-0.39, 0.29) is 18.6 Å². The van der Waals surface area contributed by atoms with Crippen LogP contribution in [-0.4, -0.2) is 24.4 Å². The second kappa shape index (κ2) is 5.40. The summed E-state index contributed by atoms with van der Waals surface area (Å²) in [5.41, 5.74) is 1.06. The zero-order valence-corrected chi connectivity index (χ0v) is 8.46. The maximum absolute atomic E-state index is 9.12. The molecule has 2 heteroatoms. The molecule has 2 atom stereocenters. The number of rotatable bonds is 5. The third kappa shape index (κ3) is 2.82. The fourth-order valence-corrected chi connectivity index (χ4v) is 1.83. The topological polar surface area (TPSA) is 29.5 Å². The lowest BCUT2D eigenvalue weighted by molar-refractivity contribution is 0.0640. The fourth-order valence-electron chi connectivity index (χ4n) is 1.83. The van der Waals surface area contributed by atoms with Gasteiger partial charge in [-0.15, -0.1) is 0 Å². The fraction of sp³-hybridized carbons (Fsp3) is 0.818. The van der Waals surface area contributed by atoms with Crippen LogP contribution in [0.5, 0.6) is 0 Å². The molecule has 1 aliphatic heterocycles. The first-order valence-electron chi connectivity index (χ1n) is 5.19. The van der Waals surface area contributed by atoms with E-state index >= 15 is 0 Å². The summed E-state index contributed by atoms with van der Waals surface area (Å²) in [6.07, 6.45) is 4.98. The SMILES string of the molecule is C=C1COC(CCCCC)C1CO. The van der Waals surface area contributed by atoms with E-state index in [9.17, 15) is 0 Å². The van der Waals surface area contributed by atoms with Crippen LogP contribution in [0.4, 0.5) is 0 Å². The molecule has 2 nitrogen and oxygen atoms in total. The Morgan fingerprint density at radius 2 is 2.31 bits per heavy atom. The van der Waals surface area contributed by atoms with E-state index in [1.54, 1.807) is 0 Å². The molecule has 0 bridgehead atoms. The van der Waals surface area contributed by atoms with Crippen molar-refractivity contribution in [2.45, 2.75) is 38.7 Å². The molecular weight excluding hydrogens is 164 g/mol. The first kappa shape index (κ1) is 10.7. The second-order valence-electron chi connectivity index (χ2n) is 3.79. The molecule has 0 aliphatic carbocycles. The molecule has 1 heterocycles. The smallest absolute Gasteiger partial charge is 0.0682 e. The number of hydrogen-bond acceptors (Lipinski definition) is 2. The van der Waals surface area contributed by atoms with Gasteiger partial charge in [0.25, 0.3) is 0 Å². The number of aliphatic hydroxyl groups excluding tert-OH is 1. The van der Waals surface area contributed by atoms with Crippen LogP contribution >= 0.6 is 0 Å². The summed E-state index contributed by atoms with van der Waals surface area (Å²) in [7, 11) is 0. The quantitative estimate of drug-likeness (QED) is 0.524. The molecule has 76 valence electrons. The summed E-state index contributed by atoms with van der Waals surface area (Å²) in [5, 5.41) is 9.12. The molecule has 0 aromatic rings. The van der Waals surface area contributed by atoms with Crippen LogP contribution in [0.2, 0.25) is 0 Å². The lowest BCUT2D eigenvalue weighted by Crippen LogP contribution is -2.19. The second-order valence-corrected chi connectivity index (χ2v) is 3.79. The van der Waals surface area contributed by atoms with Gasteiger partial charge in [-0.1, -0.05) is 32.8 Å². The summed E-state index contributed by atoms with van der Waals surface area (Å²) >= 11 is 0. The van der Waals surface area contributed by atoms with Crippen molar-refractivity contribution < 1.29 is 9.84 Å². The maximum atomic E-state index is 9.12. The van der Waals surface area contributed by atoms with Gasteiger partial charge in [0.2, 0.25) is 0 Å². The Balaban J connectivity index is 2.28. The standard InChI is InChI=1S/C11H20O2/c1-3-4-5-6-11-10(7-12)9(2)8-13-11/h10-12H,2-8H2,1H3. The van der Waals surface area contributed by atoms with Crippen molar-refractivity contribution in [2.75, 3.05) is 13.2 Å². The molecule has 0 aromatic heterocycles. The van der Waals surface area contributed by atoms with Crippen molar-refractivity contribution in [1.29, 1.82) is 0 Å². The summed E-state index contributed by atoms with van der Waals surface area (Å²) in [6, 6.07) is 0. The Hall–Kier alpha value is -0.340. The predicted molar refractivity (Wildman–Crippen MR) is 53.6 cm³/mol. The van der Waals surface area contributed by atoms with E-state index in [4.69, 9.17) is 9.84 Å². The zero-order valence-electron chi connectivity index (χ0n) is 8.46. The highest BCUT2D eigenvalue weighted by molar-refractivity contribution is 5.08. The molecule has 1 rings (SSSR count). The van der Waals surface area contributed by atoms with Gasteiger partial charge in [-0.3, -0.25) is 0 Å². The number of aliphatic hydroxyl groups is 1. The van der Waals surface area contributed by atoms with Gasteiger partial charge in [0.1, 0.15) is 0 Å². The number of ether oxygens (including phenoxy) is 1. The largest absolute Gasteiger partial charge is 0.396 e. The Bertz CT molecular complexity index is 165. The Morgan fingerprint density at radius 3 is 2.92 bits per heavy atom. The first-order chi connectivity index (χ1) is 6.29. The molecule has 2 unspecified atom stereocenters. The van der Waals surface area contributed by atoms with Gasteiger partial charge in [0.15, 0.2) is 0 Å². The van der Waals surface area contributed by atoms with Crippen molar-refractivity contribution >= 4 is 0 Å². The summed E-state index contributed by atoms with van der Waals surface area (Å²) in [5.74, 6) is 0.192. The average molecular weight is 184 g/mol. The molecule has 0 saturated carbocycles. The van der Waals surface area contributed by atoms with Gasteiger partial charge >= 0.3 is 0 Å². The van der Waals surface area contributed by atoms with E-state index in [0.717, 1.165) is 12.0 Å². The third-order valence-corrected chi connectivity index (χ3v) is 2.74. The Morgan fingerprint density at radius 1 is 1.54 bits per heavy atom. The minimum Gasteiger partial charge on any atom is -0.396 e. The van der Waals surface area contributed by atoms with E-state index in [1.165, 1.54) is 19.3 Å². The zero-order chi connectivity index (χ0) is 9.68. The van der Waals surface area contributed by atoms with Gasteiger partial charge in [0.05, 0.1) is 19.3 Å². The van der Waals surface area contributed by atoms with Crippen molar-refractivity contribution in [3.8, 4) is 0 Å². The van der Waals surface area contributed by atoms with Crippen LogP contribution in [0.3, 0.4) is 0 Å². The van der Waals surface area contributed by atoms with Crippen LogP contribution in [-0.2, 0) is 4.74 Å². The van der Waals surface area contributed by atoms with Gasteiger partial charge in [-0.2, -0.15) is 0 Å². The normalized spacial score (nSPS) is 28.3. The molecule has 0 spiro atoms. The number of hydrogen-bond donors (Lipinski definition) is 1. The van der Waals surface area contributed by atoms with Crippen molar-refractivity contribution in [2.24, 2.45) is 5.92 Å². The lowest BCUT2D eigenvalue weighted by Gasteiger charge is -2.15. The van der Waals surface area contributed by atoms with Gasteiger partial charge in [0, 0.05) is 5.92 Å². The molecule has 1 N–H and O–H groups in total.